The van der Waals surface area contributed by atoms with Crippen molar-refractivity contribution < 1.29 is 0 Å². The summed E-state index contributed by atoms with van der Waals surface area (Å²) in [7, 11) is 0. The number of hydrogen-bond acceptors (Lipinski definition) is 3. The summed E-state index contributed by atoms with van der Waals surface area (Å²) in [6, 6.07) is 6.20. The highest BCUT2D eigenvalue weighted by Crippen LogP contribution is 2.17. The Hall–Kier alpha value is -1.71. The molecule has 0 bridgehead atoms. The number of nitrogens with zero attached hydrogens (tertiary/aromatic N) is 3. The summed E-state index contributed by atoms with van der Waals surface area (Å²) in [4.78, 5) is 0. The largest absolute Gasteiger partial charge is 0.239 e. The van der Waals surface area contributed by atoms with E-state index in [9.17, 15) is 0 Å². The van der Waals surface area contributed by atoms with Gasteiger partial charge in [0, 0.05) is 5.56 Å². The van der Waals surface area contributed by atoms with E-state index < -0.39 is 0 Å². The van der Waals surface area contributed by atoms with E-state index in [1.165, 1.54) is 11.1 Å². The van der Waals surface area contributed by atoms with Crippen molar-refractivity contribution in [3.8, 4) is 11.4 Å². The summed E-state index contributed by atoms with van der Waals surface area (Å²) in [6.07, 6.45) is 0.774. The van der Waals surface area contributed by atoms with Gasteiger partial charge < -0.3 is 0 Å². The molecule has 0 aliphatic carbocycles. The zero-order valence-electron chi connectivity index (χ0n) is 7.99. The second-order valence-corrected chi connectivity index (χ2v) is 3.21. The Morgan fingerprint density at radius 3 is 2.86 bits per heavy atom. The minimum absolute atomic E-state index is 0.698. The number of rotatable bonds is 2. The molecule has 4 nitrogen and oxygen atoms in total. The van der Waals surface area contributed by atoms with Gasteiger partial charge in [0.15, 0.2) is 5.82 Å². The lowest BCUT2D eigenvalue weighted by atomic mass is 10.0. The molecule has 0 spiro atoms. The predicted octanol–water partition coefficient (Wildman–Crippen LogP) is 1.55. The highest BCUT2D eigenvalue weighted by Gasteiger charge is 2.03. The summed E-state index contributed by atoms with van der Waals surface area (Å²) in [5.41, 5.74) is 3.39. The monoisotopic (exact) mass is 187 g/mol. The van der Waals surface area contributed by atoms with Crippen LogP contribution in [0, 0.1) is 13.8 Å². The summed E-state index contributed by atoms with van der Waals surface area (Å²) in [6.45, 7) is 5.91. The minimum Gasteiger partial charge on any atom is -0.239 e. The van der Waals surface area contributed by atoms with Crippen LogP contribution in [0.5, 0.6) is 0 Å². The van der Waals surface area contributed by atoms with Crippen LogP contribution in [0.3, 0.4) is 0 Å². The van der Waals surface area contributed by atoms with Crippen LogP contribution in [0.25, 0.3) is 11.4 Å². The number of benzene rings is 1. The average Bonchev–Trinajstić information content (AvgIpc) is 2.69. The van der Waals surface area contributed by atoms with Crippen LogP contribution >= 0.6 is 0 Å². The lowest BCUT2D eigenvalue weighted by molar-refractivity contribution is 0.881. The van der Waals surface area contributed by atoms with Crippen molar-refractivity contribution in [2.24, 2.45) is 0 Å². The van der Waals surface area contributed by atoms with Crippen LogP contribution in [-0.4, -0.2) is 20.6 Å². The molecule has 0 amide bonds. The van der Waals surface area contributed by atoms with E-state index in [4.69, 9.17) is 0 Å². The Balaban J connectivity index is 2.48. The number of tetrazole rings is 1. The smallest absolute Gasteiger partial charge is 0.179 e. The highest BCUT2D eigenvalue weighted by molar-refractivity contribution is 5.56. The van der Waals surface area contributed by atoms with E-state index in [0.29, 0.717) is 5.82 Å². The first-order chi connectivity index (χ1) is 6.79. The molecule has 2 rings (SSSR count). The van der Waals surface area contributed by atoms with Crippen LogP contribution in [0.2, 0.25) is 0 Å². The number of nitrogens with one attached hydrogen (secondary N) is 1. The zero-order chi connectivity index (χ0) is 9.97. The lowest BCUT2D eigenvalue weighted by Gasteiger charge is -2.02. The summed E-state index contributed by atoms with van der Waals surface area (Å²) in [5, 5.41) is 13.7. The van der Waals surface area contributed by atoms with Gasteiger partial charge in [-0.1, -0.05) is 11.6 Å². The molecular formula is C10H11N4. The molecule has 1 N–H and O–H groups in total. The van der Waals surface area contributed by atoms with Crippen LogP contribution in [0.4, 0.5) is 0 Å². The van der Waals surface area contributed by atoms with Gasteiger partial charge >= 0.3 is 0 Å². The van der Waals surface area contributed by atoms with Gasteiger partial charge in [-0.15, -0.1) is 5.10 Å². The van der Waals surface area contributed by atoms with E-state index in [0.717, 1.165) is 12.0 Å². The Labute approximate surface area is 82.4 Å². The van der Waals surface area contributed by atoms with E-state index in [2.05, 4.69) is 33.6 Å². The van der Waals surface area contributed by atoms with Crippen molar-refractivity contribution in [1.29, 1.82) is 0 Å². The fraction of sp³-hybridized carbons (Fsp3) is 0.200. The van der Waals surface area contributed by atoms with Crippen molar-refractivity contribution >= 4 is 0 Å². The Kier molecular flexibility index (Phi) is 2.26. The Morgan fingerprint density at radius 2 is 2.21 bits per heavy atom. The first-order valence-corrected chi connectivity index (χ1v) is 4.43. The zero-order valence-corrected chi connectivity index (χ0v) is 7.99. The minimum atomic E-state index is 0.698. The van der Waals surface area contributed by atoms with Crippen molar-refractivity contribution in [2.45, 2.75) is 13.3 Å². The van der Waals surface area contributed by atoms with Gasteiger partial charge in [-0.05, 0) is 48.4 Å². The molecule has 1 aromatic carbocycles. The van der Waals surface area contributed by atoms with E-state index in [-0.39, 0.29) is 0 Å². The topological polar surface area (TPSA) is 54.5 Å². The van der Waals surface area contributed by atoms with Gasteiger partial charge in [0.25, 0.3) is 0 Å². The molecule has 1 aromatic heterocycles. The SMILES string of the molecule is [CH2]Cc1cc(C)cc(-c2nnn[nH]2)c1. The van der Waals surface area contributed by atoms with Gasteiger partial charge in [-0.25, -0.2) is 5.10 Å². The molecule has 0 saturated carbocycles. The maximum atomic E-state index is 3.87. The number of hydrogen-bond donors (Lipinski definition) is 1. The Bertz CT molecular complexity index is 420. The molecular weight excluding hydrogens is 176 g/mol. The molecule has 0 saturated heterocycles. The molecule has 71 valence electrons. The van der Waals surface area contributed by atoms with E-state index in [1.807, 2.05) is 19.1 Å². The molecule has 0 aliphatic heterocycles. The fourth-order valence-electron chi connectivity index (χ4n) is 1.42. The van der Waals surface area contributed by atoms with Gasteiger partial charge in [0.1, 0.15) is 0 Å². The van der Waals surface area contributed by atoms with Crippen LogP contribution in [0.15, 0.2) is 18.2 Å². The normalized spacial score (nSPS) is 10.4. The Morgan fingerprint density at radius 1 is 1.36 bits per heavy atom. The molecule has 2 aromatic rings. The number of aryl methyl sites for hydroxylation is 1. The number of aromatic amines is 1. The summed E-state index contributed by atoms with van der Waals surface area (Å²) in [5.74, 6) is 0.698. The van der Waals surface area contributed by atoms with Crippen LogP contribution < -0.4 is 0 Å². The maximum Gasteiger partial charge on any atom is 0.179 e. The molecule has 1 heterocycles. The molecule has 4 heteroatoms. The van der Waals surface area contributed by atoms with Crippen molar-refractivity contribution in [3.05, 3.63) is 36.2 Å². The second-order valence-electron chi connectivity index (χ2n) is 3.21. The third-order valence-corrected chi connectivity index (χ3v) is 2.04. The third-order valence-electron chi connectivity index (χ3n) is 2.04. The van der Waals surface area contributed by atoms with Crippen LogP contribution in [-0.2, 0) is 6.42 Å². The highest BCUT2D eigenvalue weighted by atomic mass is 15.5. The molecule has 14 heavy (non-hydrogen) atoms. The lowest BCUT2D eigenvalue weighted by Crippen LogP contribution is -1.87. The van der Waals surface area contributed by atoms with Gasteiger partial charge in [0.05, 0.1) is 0 Å². The molecule has 0 atom stereocenters. The summed E-state index contributed by atoms with van der Waals surface area (Å²) < 4.78 is 0. The van der Waals surface area contributed by atoms with Gasteiger partial charge in [0.2, 0.25) is 0 Å². The molecule has 0 unspecified atom stereocenters. The van der Waals surface area contributed by atoms with Gasteiger partial charge in [-0.2, -0.15) is 0 Å². The molecule has 1 radical (unpaired) electrons. The van der Waals surface area contributed by atoms with Crippen molar-refractivity contribution in [2.75, 3.05) is 0 Å². The molecule has 0 aliphatic rings. The first kappa shape index (κ1) is 8.87. The average molecular weight is 187 g/mol. The van der Waals surface area contributed by atoms with Crippen molar-refractivity contribution in [3.63, 3.8) is 0 Å². The predicted molar refractivity (Wildman–Crippen MR) is 53.4 cm³/mol. The quantitative estimate of drug-likeness (QED) is 0.776. The third kappa shape index (κ3) is 1.64. The number of H-pyrrole nitrogens is 1. The molecule has 0 fully saturated rings. The number of aromatic nitrogens is 4. The fourth-order valence-corrected chi connectivity index (χ4v) is 1.42. The van der Waals surface area contributed by atoms with E-state index in [1.54, 1.807) is 0 Å². The van der Waals surface area contributed by atoms with Gasteiger partial charge in [-0.3, -0.25) is 0 Å². The second kappa shape index (κ2) is 3.57. The van der Waals surface area contributed by atoms with E-state index >= 15 is 0 Å². The summed E-state index contributed by atoms with van der Waals surface area (Å²) >= 11 is 0. The van der Waals surface area contributed by atoms with Crippen LogP contribution in [0.1, 0.15) is 11.1 Å². The first-order valence-electron chi connectivity index (χ1n) is 4.43. The maximum absolute atomic E-state index is 3.87. The van der Waals surface area contributed by atoms with Crippen molar-refractivity contribution in [1.82, 2.24) is 20.6 Å². The standard InChI is InChI=1S/C10H11N4/c1-3-8-4-7(2)5-9(6-8)10-11-13-14-12-10/h4-6H,1,3H2,2H3,(H,11,12,13,14).